The smallest absolute Gasteiger partial charge is 0.407 e. The topological polar surface area (TPSA) is 38.3 Å². The minimum atomic E-state index is -0.458. The van der Waals surface area contributed by atoms with Crippen LogP contribution in [0.15, 0.2) is 53.0 Å². The highest BCUT2D eigenvalue weighted by molar-refractivity contribution is 9.10. The Hall–Kier alpha value is -1.88. The standard InChI is InChI=1S/C16H15BrFNO2/c17-14-10-12(6-7-15(14)18)8-9-19-16(20)21-11-13-4-2-1-3-5-13/h1-7,10H,8-9,11H2,(H,19,20). The van der Waals surface area contributed by atoms with Crippen LogP contribution in [0.2, 0.25) is 0 Å². The quantitative estimate of drug-likeness (QED) is 0.882. The summed E-state index contributed by atoms with van der Waals surface area (Å²) >= 11 is 3.13. The highest BCUT2D eigenvalue weighted by atomic mass is 79.9. The van der Waals surface area contributed by atoms with Gasteiger partial charge in [-0.25, -0.2) is 9.18 Å². The summed E-state index contributed by atoms with van der Waals surface area (Å²) in [5, 5.41) is 2.67. The Labute approximate surface area is 131 Å². The lowest BCUT2D eigenvalue weighted by molar-refractivity contribution is 0.140. The van der Waals surface area contributed by atoms with Gasteiger partial charge in [-0.15, -0.1) is 0 Å². The molecular formula is C16H15BrFNO2. The van der Waals surface area contributed by atoms with Gasteiger partial charge in [0.1, 0.15) is 12.4 Å². The maximum Gasteiger partial charge on any atom is 0.407 e. The molecule has 110 valence electrons. The van der Waals surface area contributed by atoms with Gasteiger partial charge in [0.2, 0.25) is 0 Å². The molecule has 0 fully saturated rings. The number of alkyl carbamates (subject to hydrolysis) is 1. The third-order valence-electron chi connectivity index (χ3n) is 2.88. The maximum atomic E-state index is 13.1. The molecule has 0 unspecified atom stereocenters. The van der Waals surface area contributed by atoms with Crippen molar-refractivity contribution in [3.8, 4) is 0 Å². The lowest BCUT2D eigenvalue weighted by Crippen LogP contribution is -2.26. The number of carbonyl (C=O) groups excluding carboxylic acids is 1. The molecule has 1 N–H and O–H groups in total. The number of carbonyl (C=O) groups is 1. The number of benzene rings is 2. The number of hydrogen-bond donors (Lipinski definition) is 1. The molecule has 21 heavy (non-hydrogen) atoms. The van der Waals surface area contributed by atoms with E-state index in [2.05, 4.69) is 21.2 Å². The Morgan fingerprint density at radius 1 is 1.14 bits per heavy atom. The van der Waals surface area contributed by atoms with Gasteiger partial charge in [0.25, 0.3) is 0 Å². The summed E-state index contributed by atoms with van der Waals surface area (Å²) in [7, 11) is 0. The van der Waals surface area contributed by atoms with Gasteiger partial charge < -0.3 is 10.1 Å². The first-order valence-corrected chi connectivity index (χ1v) is 7.33. The molecular weight excluding hydrogens is 337 g/mol. The van der Waals surface area contributed by atoms with Crippen LogP contribution in [-0.2, 0) is 17.8 Å². The van der Waals surface area contributed by atoms with Crippen molar-refractivity contribution in [2.45, 2.75) is 13.0 Å². The van der Waals surface area contributed by atoms with Crippen molar-refractivity contribution in [1.82, 2.24) is 5.32 Å². The van der Waals surface area contributed by atoms with Crippen molar-refractivity contribution in [3.05, 3.63) is 69.9 Å². The van der Waals surface area contributed by atoms with Gasteiger partial charge in [-0.05, 0) is 45.6 Å². The Morgan fingerprint density at radius 3 is 2.62 bits per heavy atom. The van der Waals surface area contributed by atoms with E-state index < -0.39 is 6.09 Å². The van der Waals surface area contributed by atoms with Crippen molar-refractivity contribution in [1.29, 1.82) is 0 Å². The van der Waals surface area contributed by atoms with Crippen molar-refractivity contribution in [2.24, 2.45) is 0 Å². The molecule has 3 nitrogen and oxygen atoms in total. The average molecular weight is 352 g/mol. The first-order valence-electron chi connectivity index (χ1n) is 6.53. The van der Waals surface area contributed by atoms with E-state index in [1.165, 1.54) is 6.07 Å². The zero-order chi connectivity index (χ0) is 15.1. The van der Waals surface area contributed by atoms with Crippen LogP contribution in [0.4, 0.5) is 9.18 Å². The monoisotopic (exact) mass is 351 g/mol. The summed E-state index contributed by atoms with van der Waals surface area (Å²) in [6.07, 6.45) is 0.152. The molecule has 1 amide bonds. The molecule has 0 radical (unpaired) electrons. The molecule has 2 aromatic carbocycles. The molecule has 0 bridgehead atoms. The maximum absolute atomic E-state index is 13.1. The molecule has 5 heteroatoms. The molecule has 0 saturated carbocycles. The summed E-state index contributed by atoms with van der Waals surface area (Å²) in [6, 6.07) is 14.3. The van der Waals surface area contributed by atoms with E-state index in [-0.39, 0.29) is 12.4 Å². The van der Waals surface area contributed by atoms with Crippen LogP contribution in [0.5, 0.6) is 0 Å². The second-order valence-corrected chi connectivity index (χ2v) is 5.34. The summed E-state index contributed by atoms with van der Waals surface area (Å²) < 4.78 is 18.6. The number of ether oxygens (including phenoxy) is 1. The predicted octanol–water partition coefficient (Wildman–Crippen LogP) is 4.06. The van der Waals surface area contributed by atoms with E-state index in [0.29, 0.717) is 17.4 Å². The minimum absolute atomic E-state index is 0.245. The number of nitrogens with one attached hydrogen (secondary N) is 1. The fraction of sp³-hybridized carbons (Fsp3) is 0.188. The summed E-state index contributed by atoms with van der Waals surface area (Å²) in [5.41, 5.74) is 1.88. The largest absolute Gasteiger partial charge is 0.445 e. The van der Waals surface area contributed by atoms with E-state index in [1.807, 2.05) is 30.3 Å². The SMILES string of the molecule is O=C(NCCc1ccc(F)c(Br)c1)OCc1ccccc1. The Morgan fingerprint density at radius 2 is 1.90 bits per heavy atom. The number of hydrogen-bond acceptors (Lipinski definition) is 2. The summed E-state index contributed by atoms with van der Waals surface area (Å²) in [5.74, 6) is -0.297. The van der Waals surface area contributed by atoms with E-state index in [9.17, 15) is 9.18 Å². The number of amides is 1. The molecule has 0 aliphatic carbocycles. The Kier molecular flexibility index (Phi) is 5.75. The first kappa shape index (κ1) is 15.5. The Bertz CT molecular complexity index is 604. The normalized spacial score (nSPS) is 10.2. The van der Waals surface area contributed by atoms with E-state index >= 15 is 0 Å². The van der Waals surface area contributed by atoms with Gasteiger partial charge in [-0.2, -0.15) is 0 Å². The second-order valence-electron chi connectivity index (χ2n) is 4.49. The Balaban J connectivity index is 1.70. The van der Waals surface area contributed by atoms with E-state index in [4.69, 9.17) is 4.74 Å². The van der Waals surface area contributed by atoms with Crippen LogP contribution < -0.4 is 5.32 Å². The van der Waals surface area contributed by atoms with E-state index in [0.717, 1.165) is 11.1 Å². The zero-order valence-electron chi connectivity index (χ0n) is 11.3. The number of halogens is 2. The fourth-order valence-electron chi connectivity index (χ4n) is 1.78. The second kappa shape index (κ2) is 7.78. The average Bonchev–Trinajstić information content (AvgIpc) is 2.50. The van der Waals surface area contributed by atoms with Crippen LogP contribution >= 0.6 is 15.9 Å². The van der Waals surface area contributed by atoms with Crippen LogP contribution in [0.3, 0.4) is 0 Å². The number of rotatable bonds is 5. The third-order valence-corrected chi connectivity index (χ3v) is 3.49. The lowest BCUT2D eigenvalue weighted by Gasteiger charge is -2.07. The van der Waals surface area contributed by atoms with Crippen molar-refractivity contribution >= 4 is 22.0 Å². The fourth-order valence-corrected chi connectivity index (χ4v) is 2.20. The van der Waals surface area contributed by atoms with Crippen LogP contribution in [0.25, 0.3) is 0 Å². The first-order chi connectivity index (χ1) is 10.1. The summed E-state index contributed by atoms with van der Waals surface area (Å²) in [4.78, 5) is 11.5. The molecule has 2 aromatic rings. The van der Waals surface area contributed by atoms with Gasteiger partial charge in [0.15, 0.2) is 0 Å². The zero-order valence-corrected chi connectivity index (χ0v) is 12.9. The van der Waals surface area contributed by atoms with Gasteiger partial charge in [0, 0.05) is 6.54 Å². The predicted molar refractivity (Wildman–Crippen MR) is 82.4 cm³/mol. The molecule has 0 aliphatic heterocycles. The minimum Gasteiger partial charge on any atom is -0.445 e. The molecule has 0 aliphatic rings. The van der Waals surface area contributed by atoms with E-state index in [1.54, 1.807) is 12.1 Å². The molecule has 0 saturated heterocycles. The lowest BCUT2D eigenvalue weighted by atomic mass is 10.1. The van der Waals surface area contributed by atoms with Gasteiger partial charge in [-0.3, -0.25) is 0 Å². The molecule has 0 spiro atoms. The third kappa shape index (κ3) is 5.19. The van der Waals surface area contributed by atoms with Crippen molar-refractivity contribution < 1.29 is 13.9 Å². The van der Waals surface area contributed by atoms with Gasteiger partial charge >= 0.3 is 6.09 Å². The van der Waals surface area contributed by atoms with Crippen LogP contribution in [-0.4, -0.2) is 12.6 Å². The van der Waals surface area contributed by atoms with Crippen LogP contribution in [0, 0.1) is 5.82 Å². The van der Waals surface area contributed by atoms with Gasteiger partial charge in [0.05, 0.1) is 4.47 Å². The van der Waals surface area contributed by atoms with Crippen LogP contribution in [0.1, 0.15) is 11.1 Å². The highest BCUT2D eigenvalue weighted by Crippen LogP contribution is 2.16. The molecule has 0 aromatic heterocycles. The van der Waals surface area contributed by atoms with Crippen molar-refractivity contribution in [3.63, 3.8) is 0 Å². The summed E-state index contributed by atoms with van der Waals surface area (Å²) in [6.45, 7) is 0.681. The molecule has 0 heterocycles. The van der Waals surface area contributed by atoms with Crippen molar-refractivity contribution in [2.75, 3.05) is 6.54 Å². The molecule has 0 atom stereocenters. The van der Waals surface area contributed by atoms with Gasteiger partial charge in [-0.1, -0.05) is 36.4 Å². The molecule has 2 rings (SSSR count). The highest BCUT2D eigenvalue weighted by Gasteiger charge is 2.04.